The lowest BCUT2D eigenvalue weighted by molar-refractivity contribution is -0.172. The van der Waals surface area contributed by atoms with Crippen LogP contribution in [0.5, 0.6) is 0 Å². The van der Waals surface area contributed by atoms with E-state index in [9.17, 15) is 9.59 Å². The Labute approximate surface area is 162 Å². The number of rotatable bonds is 4. The zero-order valence-electron chi connectivity index (χ0n) is 16.2. The van der Waals surface area contributed by atoms with Crippen molar-refractivity contribution in [3.05, 3.63) is 24.8 Å². The first-order chi connectivity index (χ1) is 12.2. The molecule has 3 nitrogen and oxygen atoms in total. The van der Waals surface area contributed by atoms with Crippen molar-refractivity contribution in [2.75, 3.05) is 5.88 Å². The lowest BCUT2D eigenvalue weighted by atomic mass is 9.49. The van der Waals surface area contributed by atoms with Crippen LogP contribution in [0.3, 0.4) is 0 Å². The van der Waals surface area contributed by atoms with Gasteiger partial charge in [-0.1, -0.05) is 45.6 Å². The highest BCUT2D eigenvalue weighted by atomic mass is 35.5. The van der Waals surface area contributed by atoms with E-state index in [0.717, 1.165) is 24.8 Å². The average Bonchev–Trinajstić information content (AvgIpc) is 2.96. The molecule has 7 atom stereocenters. The molecule has 3 fully saturated rings. The van der Waals surface area contributed by atoms with Gasteiger partial charge in [-0.05, 0) is 48.9 Å². The van der Waals surface area contributed by atoms with Crippen LogP contribution < -0.4 is 0 Å². The molecule has 0 amide bonds. The van der Waals surface area contributed by atoms with E-state index in [0.29, 0.717) is 30.5 Å². The van der Waals surface area contributed by atoms with Gasteiger partial charge in [-0.3, -0.25) is 9.59 Å². The first-order valence-corrected chi connectivity index (χ1v) is 10.3. The summed E-state index contributed by atoms with van der Waals surface area (Å²) in [5.41, 5.74) is 0.621. The molecule has 4 heteroatoms. The maximum absolute atomic E-state index is 13.1. The molecule has 0 aromatic rings. The van der Waals surface area contributed by atoms with E-state index in [-0.39, 0.29) is 34.6 Å². The summed E-state index contributed by atoms with van der Waals surface area (Å²) in [6, 6.07) is 0. The van der Waals surface area contributed by atoms with Crippen molar-refractivity contribution < 1.29 is 14.3 Å². The number of hydrogen-bond donors (Lipinski definition) is 0. The molecular weight excluding hydrogens is 348 g/mol. The third-order valence-corrected chi connectivity index (χ3v) is 8.47. The molecule has 26 heavy (non-hydrogen) atoms. The van der Waals surface area contributed by atoms with Crippen LogP contribution in [0.25, 0.3) is 0 Å². The Bertz CT molecular complexity index is 641. The van der Waals surface area contributed by atoms with E-state index in [1.165, 1.54) is 0 Å². The molecule has 0 saturated heterocycles. The van der Waals surface area contributed by atoms with E-state index in [4.69, 9.17) is 16.3 Å². The highest BCUT2D eigenvalue weighted by Gasteiger charge is 2.67. The summed E-state index contributed by atoms with van der Waals surface area (Å²) in [6.45, 7) is 14.8. The van der Waals surface area contributed by atoms with Crippen molar-refractivity contribution in [2.24, 2.45) is 34.5 Å². The number of ether oxygens (including phenoxy) is 1. The highest BCUT2D eigenvalue weighted by Crippen LogP contribution is 2.68. The van der Waals surface area contributed by atoms with Gasteiger partial charge in [0.15, 0.2) is 0 Å². The summed E-state index contributed by atoms with van der Waals surface area (Å²) in [7, 11) is 0. The van der Waals surface area contributed by atoms with Gasteiger partial charge in [0.25, 0.3) is 0 Å². The first kappa shape index (κ1) is 19.7. The fourth-order valence-electron chi connectivity index (χ4n) is 6.58. The van der Waals surface area contributed by atoms with Crippen LogP contribution in [0.15, 0.2) is 24.8 Å². The molecular formula is C22H31ClO3. The molecule has 3 saturated carbocycles. The first-order valence-electron chi connectivity index (χ1n) is 9.81. The van der Waals surface area contributed by atoms with Crippen molar-refractivity contribution >= 4 is 23.4 Å². The number of halogens is 1. The second-order valence-corrected chi connectivity index (χ2v) is 9.23. The summed E-state index contributed by atoms with van der Waals surface area (Å²) in [5, 5.41) is 0. The van der Waals surface area contributed by atoms with Crippen molar-refractivity contribution in [1.82, 2.24) is 0 Å². The third-order valence-electron chi connectivity index (χ3n) is 8.25. The van der Waals surface area contributed by atoms with Gasteiger partial charge < -0.3 is 4.74 Å². The standard InChI is InChI=1S/C22H31ClO3/c1-6-13(2)16-11-18(26-19(25)12-23)21(5)14(3)7-9-22(15(16)4)10-8-17(24)20(21)22/h6,14-16,18,20H,1-2,7-12H2,3-5H3/t14?,15-,16-,18+,20?,21-,22-/m0/s1. The predicted molar refractivity (Wildman–Crippen MR) is 104 cm³/mol. The average molecular weight is 379 g/mol. The fourth-order valence-corrected chi connectivity index (χ4v) is 6.64. The Morgan fingerprint density at radius 1 is 1.38 bits per heavy atom. The number of carbonyl (C=O) groups is 2. The largest absolute Gasteiger partial charge is 0.461 e. The maximum Gasteiger partial charge on any atom is 0.321 e. The molecule has 0 aromatic carbocycles. The molecule has 144 valence electrons. The lowest BCUT2D eigenvalue weighted by Gasteiger charge is -2.55. The molecule has 3 rings (SSSR count). The fraction of sp³-hybridized carbons (Fsp3) is 0.727. The number of carbonyl (C=O) groups excluding carboxylic acids is 2. The Balaban J connectivity index is 2.16. The quantitative estimate of drug-likeness (QED) is 0.395. The topological polar surface area (TPSA) is 43.4 Å². The van der Waals surface area contributed by atoms with Crippen LogP contribution in [0.2, 0.25) is 0 Å². The molecule has 0 heterocycles. The number of hydrogen-bond acceptors (Lipinski definition) is 3. The minimum atomic E-state index is -0.399. The lowest BCUT2D eigenvalue weighted by Crippen LogP contribution is -2.55. The zero-order valence-corrected chi connectivity index (χ0v) is 17.0. The van der Waals surface area contributed by atoms with Gasteiger partial charge >= 0.3 is 5.97 Å². The Morgan fingerprint density at radius 3 is 2.69 bits per heavy atom. The van der Waals surface area contributed by atoms with Gasteiger partial charge in [0.1, 0.15) is 17.8 Å². The minimum absolute atomic E-state index is 0.0168. The maximum atomic E-state index is 13.1. The highest BCUT2D eigenvalue weighted by molar-refractivity contribution is 6.26. The van der Waals surface area contributed by atoms with Crippen molar-refractivity contribution in [1.29, 1.82) is 0 Å². The summed E-state index contributed by atoms with van der Waals surface area (Å²) in [6.07, 6.45) is 5.91. The molecule has 2 bridgehead atoms. The monoisotopic (exact) mass is 378 g/mol. The molecule has 0 spiro atoms. The van der Waals surface area contributed by atoms with E-state index < -0.39 is 5.97 Å². The van der Waals surface area contributed by atoms with Crippen LogP contribution >= 0.6 is 11.6 Å². The van der Waals surface area contributed by atoms with Gasteiger partial charge in [-0.2, -0.15) is 0 Å². The van der Waals surface area contributed by atoms with Crippen molar-refractivity contribution in [3.8, 4) is 0 Å². The Kier molecular flexibility index (Phi) is 5.16. The van der Waals surface area contributed by atoms with Gasteiger partial charge in [-0.15, -0.1) is 11.6 Å². The van der Waals surface area contributed by atoms with Crippen molar-refractivity contribution in [2.45, 2.75) is 59.0 Å². The molecule has 0 aromatic heterocycles. The third kappa shape index (κ3) is 2.61. The van der Waals surface area contributed by atoms with Crippen LogP contribution in [0.4, 0.5) is 0 Å². The summed E-state index contributed by atoms with van der Waals surface area (Å²) in [5.74, 6) is 0.542. The number of alkyl halides is 1. The van der Waals surface area contributed by atoms with Gasteiger partial charge in [0.05, 0.1) is 0 Å². The second-order valence-electron chi connectivity index (χ2n) is 8.96. The Hall–Kier alpha value is -1.09. The van der Waals surface area contributed by atoms with Gasteiger partial charge in [-0.25, -0.2) is 0 Å². The van der Waals surface area contributed by atoms with Crippen molar-refractivity contribution in [3.63, 3.8) is 0 Å². The van der Waals surface area contributed by atoms with Crippen LogP contribution in [-0.2, 0) is 14.3 Å². The Morgan fingerprint density at radius 2 is 2.08 bits per heavy atom. The molecule has 0 aliphatic heterocycles. The van der Waals surface area contributed by atoms with Crippen LogP contribution in [-0.4, -0.2) is 23.7 Å². The van der Waals surface area contributed by atoms with Crippen LogP contribution in [0.1, 0.15) is 52.9 Å². The smallest absolute Gasteiger partial charge is 0.321 e. The molecule has 3 aliphatic carbocycles. The normalized spacial score (nSPS) is 44.8. The van der Waals surface area contributed by atoms with E-state index in [2.05, 4.69) is 33.9 Å². The van der Waals surface area contributed by atoms with Gasteiger partial charge in [0.2, 0.25) is 0 Å². The summed E-state index contributed by atoms with van der Waals surface area (Å²) >= 11 is 5.75. The van der Waals surface area contributed by atoms with Gasteiger partial charge in [0, 0.05) is 17.8 Å². The zero-order chi connectivity index (χ0) is 19.3. The summed E-state index contributed by atoms with van der Waals surface area (Å²) < 4.78 is 5.91. The number of allylic oxidation sites excluding steroid dienone is 2. The summed E-state index contributed by atoms with van der Waals surface area (Å²) in [4.78, 5) is 25.2. The molecule has 3 aliphatic rings. The molecule has 0 N–H and O–H groups in total. The number of Topliss-reactive ketones (excluding diaryl/α,β-unsaturated/α-hetero) is 1. The molecule has 2 unspecified atom stereocenters. The van der Waals surface area contributed by atoms with E-state index in [1.807, 2.05) is 6.08 Å². The van der Waals surface area contributed by atoms with E-state index in [1.54, 1.807) is 0 Å². The SMILES string of the molecule is C=CC(=C)[C@@H]1C[C@@H](OC(=O)CCl)[C@]2(C)C(C)CC[C@]3(CCC(=O)C32)[C@H]1C. The predicted octanol–water partition coefficient (Wildman–Crippen LogP) is 4.94. The van der Waals surface area contributed by atoms with Crippen LogP contribution in [0, 0.1) is 34.5 Å². The minimum Gasteiger partial charge on any atom is -0.461 e. The molecule has 0 radical (unpaired) electrons. The number of esters is 1. The second kappa shape index (κ2) is 6.82. The number of ketones is 1. The van der Waals surface area contributed by atoms with E-state index >= 15 is 0 Å².